The molecule has 1 saturated heterocycles. The summed E-state index contributed by atoms with van der Waals surface area (Å²) in [5.74, 6) is -0.228. The number of anilines is 2. The van der Waals surface area contributed by atoms with E-state index in [2.05, 4.69) is 20.2 Å². The van der Waals surface area contributed by atoms with Gasteiger partial charge in [-0.25, -0.2) is 4.79 Å². The molecule has 1 fully saturated rings. The van der Waals surface area contributed by atoms with Crippen LogP contribution in [0.25, 0.3) is 0 Å². The number of aryl methyl sites for hydroxylation is 1. The normalized spacial score (nSPS) is 14.1. The van der Waals surface area contributed by atoms with Crippen molar-refractivity contribution in [2.75, 3.05) is 23.3 Å². The summed E-state index contributed by atoms with van der Waals surface area (Å²) >= 11 is 1.07. The van der Waals surface area contributed by atoms with E-state index in [-0.39, 0.29) is 11.9 Å². The molecule has 7 nitrogen and oxygen atoms in total. The molecule has 108 valence electrons. The Morgan fingerprint density at radius 2 is 2.14 bits per heavy atom. The molecule has 0 unspecified atom stereocenters. The van der Waals surface area contributed by atoms with E-state index in [0.29, 0.717) is 29.3 Å². The zero-order chi connectivity index (χ0) is 14.8. The lowest BCUT2D eigenvalue weighted by Crippen LogP contribution is -2.27. The molecule has 0 aliphatic carbocycles. The molecule has 1 aromatic heterocycles. The van der Waals surface area contributed by atoms with Crippen molar-refractivity contribution in [3.8, 4) is 0 Å². The second kappa shape index (κ2) is 5.49. The van der Waals surface area contributed by atoms with Crippen molar-refractivity contribution >= 4 is 34.8 Å². The first-order valence-electron chi connectivity index (χ1n) is 6.41. The number of rotatable bonds is 3. The highest BCUT2D eigenvalue weighted by Gasteiger charge is 2.21. The number of carbonyl (C=O) groups excluding carboxylic acids is 2. The van der Waals surface area contributed by atoms with Crippen molar-refractivity contribution in [1.29, 1.82) is 0 Å². The summed E-state index contributed by atoms with van der Waals surface area (Å²) < 4.78 is 3.74. The molecule has 2 heterocycles. The first-order valence-corrected chi connectivity index (χ1v) is 7.18. The zero-order valence-electron chi connectivity index (χ0n) is 11.3. The van der Waals surface area contributed by atoms with Gasteiger partial charge >= 0.3 is 6.03 Å². The van der Waals surface area contributed by atoms with Crippen molar-refractivity contribution in [3.05, 3.63) is 34.8 Å². The van der Waals surface area contributed by atoms with Crippen molar-refractivity contribution < 1.29 is 9.59 Å². The molecule has 2 aromatic rings. The summed E-state index contributed by atoms with van der Waals surface area (Å²) in [4.78, 5) is 25.8. The smallest absolute Gasteiger partial charge is 0.321 e. The SMILES string of the molecule is Cc1nnsc1C(=O)Nc1ccc(N2CCNC2=O)cc1. The number of hydrogen-bond donors (Lipinski definition) is 2. The van der Waals surface area contributed by atoms with Crippen LogP contribution < -0.4 is 15.5 Å². The fourth-order valence-electron chi connectivity index (χ4n) is 2.07. The lowest BCUT2D eigenvalue weighted by molar-refractivity contribution is 0.103. The maximum Gasteiger partial charge on any atom is 0.321 e. The van der Waals surface area contributed by atoms with Gasteiger partial charge in [-0.05, 0) is 42.7 Å². The molecule has 0 spiro atoms. The number of benzene rings is 1. The standard InChI is InChI=1S/C13H13N5O2S/c1-8-11(21-17-16-8)12(19)15-9-2-4-10(5-3-9)18-7-6-14-13(18)20/h2-5H,6-7H2,1H3,(H,14,20)(H,15,19). The van der Waals surface area contributed by atoms with Crippen LogP contribution in [0, 0.1) is 6.92 Å². The summed E-state index contributed by atoms with van der Waals surface area (Å²) in [5, 5.41) is 9.34. The summed E-state index contributed by atoms with van der Waals surface area (Å²) in [6.45, 7) is 3.04. The van der Waals surface area contributed by atoms with Gasteiger partial charge in [-0.1, -0.05) is 4.49 Å². The van der Waals surface area contributed by atoms with Crippen LogP contribution in [0.5, 0.6) is 0 Å². The molecular formula is C13H13N5O2S. The van der Waals surface area contributed by atoms with Gasteiger partial charge in [-0.2, -0.15) is 0 Å². The topological polar surface area (TPSA) is 87.2 Å². The Kier molecular flexibility index (Phi) is 3.53. The maximum absolute atomic E-state index is 12.0. The van der Waals surface area contributed by atoms with Gasteiger partial charge in [-0.3, -0.25) is 9.69 Å². The van der Waals surface area contributed by atoms with Crippen LogP contribution in [0.4, 0.5) is 16.2 Å². The number of carbonyl (C=O) groups is 2. The minimum atomic E-state index is -0.228. The van der Waals surface area contributed by atoms with Crippen LogP contribution >= 0.6 is 11.5 Å². The number of hydrogen-bond acceptors (Lipinski definition) is 5. The molecule has 0 atom stereocenters. The number of nitrogens with zero attached hydrogens (tertiary/aromatic N) is 3. The zero-order valence-corrected chi connectivity index (χ0v) is 12.1. The third-order valence-electron chi connectivity index (χ3n) is 3.15. The first kappa shape index (κ1) is 13.5. The quantitative estimate of drug-likeness (QED) is 0.902. The van der Waals surface area contributed by atoms with E-state index in [1.54, 1.807) is 36.1 Å². The molecule has 1 aliphatic heterocycles. The average Bonchev–Trinajstić information content (AvgIpc) is 3.08. The highest BCUT2D eigenvalue weighted by atomic mass is 32.1. The molecule has 1 aromatic carbocycles. The molecule has 3 rings (SSSR count). The Labute approximate surface area is 125 Å². The van der Waals surface area contributed by atoms with Crippen LogP contribution in [0.1, 0.15) is 15.4 Å². The summed E-state index contributed by atoms with van der Waals surface area (Å²) in [6.07, 6.45) is 0. The van der Waals surface area contributed by atoms with Crippen LogP contribution in [-0.2, 0) is 0 Å². The Hall–Kier alpha value is -2.48. The number of urea groups is 1. The van der Waals surface area contributed by atoms with Crippen LogP contribution in [0.15, 0.2) is 24.3 Å². The minimum Gasteiger partial charge on any atom is -0.336 e. The fourth-order valence-corrected chi connectivity index (χ4v) is 2.62. The van der Waals surface area contributed by atoms with Gasteiger partial charge < -0.3 is 10.6 Å². The lowest BCUT2D eigenvalue weighted by Gasteiger charge is -2.14. The molecule has 3 amide bonds. The largest absolute Gasteiger partial charge is 0.336 e. The van der Waals surface area contributed by atoms with Crippen molar-refractivity contribution in [2.24, 2.45) is 0 Å². The Morgan fingerprint density at radius 3 is 2.71 bits per heavy atom. The van der Waals surface area contributed by atoms with Gasteiger partial charge in [-0.15, -0.1) is 5.10 Å². The lowest BCUT2D eigenvalue weighted by atomic mass is 10.2. The third-order valence-corrected chi connectivity index (χ3v) is 3.98. The van der Waals surface area contributed by atoms with E-state index in [0.717, 1.165) is 17.2 Å². The van der Waals surface area contributed by atoms with Gasteiger partial charge in [0.25, 0.3) is 5.91 Å². The van der Waals surface area contributed by atoms with Crippen LogP contribution in [0.3, 0.4) is 0 Å². The molecule has 0 bridgehead atoms. The third kappa shape index (κ3) is 2.70. The van der Waals surface area contributed by atoms with Gasteiger partial charge in [0.1, 0.15) is 4.88 Å². The molecule has 0 saturated carbocycles. The molecule has 2 N–H and O–H groups in total. The minimum absolute atomic E-state index is 0.0989. The van der Waals surface area contributed by atoms with Gasteiger partial charge in [0.05, 0.1) is 5.69 Å². The predicted octanol–water partition coefficient (Wildman–Crippen LogP) is 1.63. The average molecular weight is 303 g/mol. The highest BCUT2D eigenvalue weighted by Crippen LogP contribution is 2.20. The Bertz CT molecular complexity index is 682. The van der Waals surface area contributed by atoms with Gasteiger partial charge in [0.2, 0.25) is 0 Å². The van der Waals surface area contributed by atoms with E-state index in [1.165, 1.54) is 0 Å². The maximum atomic E-state index is 12.0. The van der Waals surface area contributed by atoms with Crippen molar-refractivity contribution in [3.63, 3.8) is 0 Å². The Balaban J connectivity index is 1.71. The number of amides is 3. The molecular weight excluding hydrogens is 290 g/mol. The second-order valence-corrected chi connectivity index (χ2v) is 5.33. The van der Waals surface area contributed by atoms with Crippen LogP contribution in [0.2, 0.25) is 0 Å². The van der Waals surface area contributed by atoms with E-state index < -0.39 is 0 Å². The monoisotopic (exact) mass is 303 g/mol. The van der Waals surface area contributed by atoms with Crippen LogP contribution in [-0.4, -0.2) is 34.6 Å². The number of nitrogens with one attached hydrogen (secondary N) is 2. The summed E-state index contributed by atoms with van der Waals surface area (Å²) in [6, 6.07) is 7.04. The molecule has 21 heavy (non-hydrogen) atoms. The van der Waals surface area contributed by atoms with Crippen molar-refractivity contribution in [2.45, 2.75) is 6.92 Å². The molecule has 8 heteroatoms. The van der Waals surface area contributed by atoms with Gasteiger partial charge in [0, 0.05) is 24.5 Å². The summed E-state index contributed by atoms with van der Waals surface area (Å²) in [7, 11) is 0. The fraction of sp³-hybridized carbons (Fsp3) is 0.231. The second-order valence-electron chi connectivity index (χ2n) is 4.57. The molecule has 1 aliphatic rings. The van der Waals surface area contributed by atoms with Crippen molar-refractivity contribution in [1.82, 2.24) is 14.9 Å². The number of aromatic nitrogens is 2. The van der Waals surface area contributed by atoms with Gasteiger partial charge in [0.15, 0.2) is 0 Å². The Morgan fingerprint density at radius 1 is 1.38 bits per heavy atom. The first-order chi connectivity index (χ1) is 10.1. The van der Waals surface area contributed by atoms with E-state index in [4.69, 9.17) is 0 Å². The predicted molar refractivity (Wildman–Crippen MR) is 79.8 cm³/mol. The van der Waals surface area contributed by atoms with E-state index in [9.17, 15) is 9.59 Å². The van der Waals surface area contributed by atoms with E-state index in [1.807, 2.05) is 0 Å². The van der Waals surface area contributed by atoms with E-state index >= 15 is 0 Å². The summed E-state index contributed by atoms with van der Waals surface area (Å²) in [5.41, 5.74) is 2.08. The molecule has 0 radical (unpaired) electrons. The highest BCUT2D eigenvalue weighted by molar-refractivity contribution is 7.08.